The van der Waals surface area contributed by atoms with Crippen molar-refractivity contribution in [1.29, 1.82) is 0 Å². The van der Waals surface area contributed by atoms with Gasteiger partial charge in [0.2, 0.25) is 5.82 Å². The van der Waals surface area contributed by atoms with E-state index < -0.39 is 5.91 Å². The molecule has 2 aromatic heterocycles. The van der Waals surface area contributed by atoms with Crippen LogP contribution in [0.1, 0.15) is 16.3 Å². The van der Waals surface area contributed by atoms with Gasteiger partial charge >= 0.3 is 0 Å². The highest BCUT2D eigenvalue weighted by atomic mass is 32.1. The summed E-state index contributed by atoms with van der Waals surface area (Å²) in [6, 6.07) is 3.16. The summed E-state index contributed by atoms with van der Waals surface area (Å²) in [5, 5.41) is 4.04. The lowest BCUT2D eigenvalue weighted by Gasteiger charge is -2.00. The summed E-state index contributed by atoms with van der Waals surface area (Å²) >= 11 is 4.75. The molecule has 4 N–H and O–H groups in total. The van der Waals surface area contributed by atoms with Crippen LogP contribution in [0.4, 0.5) is 0 Å². The third-order valence-electron chi connectivity index (χ3n) is 1.97. The van der Waals surface area contributed by atoms with E-state index in [0.29, 0.717) is 5.69 Å². The molecule has 2 heterocycles. The maximum Gasteiger partial charge on any atom is 0.267 e. The minimum Gasteiger partial charge on any atom is -0.387 e. The maximum absolute atomic E-state index is 11.0. The molecule has 0 aliphatic rings. The van der Waals surface area contributed by atoms with Crippen molar-refractivity contribution in [2.24, 2.45) is 11.5 Å². The Morgan fingerprint density at radius 2 is 2.12 bits per heavy atom. The van der Waals surface area contributed by atoms with Crippen LogP contribution < -0.4 is 11.5 Å². The smallest absolute Gasteiger partial charge is 0.267 e. The lowest BCUT2D eigenvalue weighted by atomic mass is 10.3. The molecule has 0 fully saturated rings. The van der Waals surface area contributed by atoms with Crippen molar-refractivity contribution < 1.29 is 4.79 Å². The Bertz CT molecular complexity index is 593. The molecule has 0 saturated heterocycles. The van der Waals surface area contributed by atoms with Crippen LogP contribution in [0.5, 0.6) is 0 Å². The second-order valence-electron chi connectivity index (χ2n) is 3.14. The fourth-order valence-electron chi connectivity index (χ4n) is 1.20. The van der Waals surface area contributed by atoms with Crippen molar-refractivity contribution >= 4 is 23.1 Å². The zero-order chi connectivity index (χ0) is 12.4. The zero-order valence-electron chi connectivity index (χ0n) is 8.57. The van der Waals surface area contributed by atoms with Gasteiger partial charge in [0.05, 0.1) is 5.69 Å². The average Bonchev–Trinajstić information content (AvgIpc) is 2.78. The van der Waals surface area contributed by atoms with Gasteiger partial charge < -0.3 is 11.5 Å². The normalized spacial score (nSPS) is 10.1. The summed E-state index contributed by atoms with van der Waals surface area (Å²) in [5.74, 6) is -0.348. The first-order chi connectivity index (χ1) is 8.08. The Morgan fingerprint density at radius 1 is 1.35 bits per heavy atom. The van der Waals surface area contributed by atoms with Gasteiger partial charge in [-0.15, -0.1) is 5.10 Å². The predicted octanol–water partition coefficient (Wildman–Crippen LogP) is -0.605. The molecule has 0 radical (unpaired) electrons. The van der Waals surface area contributed by atoms with E-state index in [-0.39, 0.29) is 16.5 Å². The second-order valence-corrected chi connectivity index (χ2v) is 3.58. The summed E-state index contributed by atoms with van der Waals surface area (Å²) < 4.78 is 1.43. The summed E-state index contributed by atoms with van der Waals surface area (Å²) in [6.45, 7) is 0. The minimum atomic E-state index is -0.610. The van der Waals surface area contributed by atoms with Gasteiger partial charge in [0, 0.05) is 6.20 Å². The van der Waals surface area contributed by atoms with Crippen LogP contribution in [0.3, 0.4) is 0 Å². The van der Waals surface area contributed by atoms with Crippen molar-refractivity contribution in [1.82, 2.24) is 19.7 Å². The van der Waals surface area contributed by atoms with Crippen LogP contribution in [-0.4, -0.2) is 30.6 Å². The highest BCUT2D eigenvalue weighted by Gasteiger charge is 2.07. The standard InChI is InChI=1S/C9H8N6OS/c10-7(16)6-3-5(1-2-12-6)15-4-13-9(14-15)8(11)17/h1-4H,(H2,10,16)(H2,11,17). The van der Waals surface area contributed by atoms with Crippen LogP contribution in [0, 0.1) is 0 Å². The molecule has 0 bridgehead atoms. The van der Waals surface area contributed by atoms with E-state index in [9.17, 15) is 4.79 Å². The minimum absolute atomic E-state index is 0.105. The van der Waals surface area contributed by atoms with E-state index in [4.69, 9.17) is 23.7 Å². The Labute approximate surface area is 101 Å². The van der Waals surface area contributed by atoms with Crippen molar-refractivity contribution in [3.8, 4) is 5.69 Å². The van der Waals surface area contributed by atoms with Gasteiger partial charge in [0.25, 0.3) is 5.91 Å². The third-order valence-corrected chi connectivity index (χ3v) is 2.16. The molecule has 2 aromatic rings. The monoisotopic (exact) mass is 248 g/mol. The van der Waals surface area contributed by atoms with Crippen LogP contribution in [-0.2, 0) is 0 Å². The molecule has 1 amide bonds. The first-order valence-electron chi connectivity index (χ1n) is 4.55. The number of carbonyl (C=O) groups excluding carboxylic acids is 1. The fourth-order valence-corrected chi connectivity index (χ4v) is 1.29. The van der Waals surface area contributed by atoms with Crippen LogP contribution in [0.15, 0.2) is 24.7 Å². The zero-order valence-corrected chi connectivity index (χ0v) is 9.39. The Balaban J connectivity index is 2.42. The number of carbonyl (C=O) groups is 1. The number of primary amides is 1. The number of nitrogens with zero attached hydrogens (tertiary/aromatic N) is 4. The van der Waals surface area contributed by atoms with Crippen LogP contribution >= 0.6 is 12.2 Å². The lowest BCUT2D eigenvalue weighted by molar-refractivity contribution is 0.0995. The van der Waals surface area contributed by atoms with Crippen molar-refractivity contribution in [3.63, 3.8) is 0 Å². The van der Waals surface area contributed by atoms with E-state index in [0.717, 1.165) is 0 Å². The van der Waals surface area contributed by atoms with Gasteiger partial charge in [-0.1, -0.05) is 12.2 Å². The van der Waals surface area contributed by atoms with E-state index >= 15 is 0 Å². The van der Waals surface area contributed by atoms with Crippen molar-refractivity contribution in [3.05, 3.63) is 36.2 Å². The summed E-state index contributed by atoms with van der Waals surface area (Å²) in [6.07, 6.45) is 2.89. The predicted molar refractivity (Wildman–Crippen MR) is 63.6 cm³/mol. The number of hydrogen-bond donors (Lipinski definition) is 2. The molecule has 0 spiro atoms. The summed E-state index contributed by atoms with van der Waals surface area (Å²) in [4.78, 5) is 18.8. The maximum atomic E-state index is 11.0. The second kappa shape index (κ2) is 4.26. The molecule has 0 unspecified atom stereocenters. The highest BCUT2D eigenvalue weighted by molar-refractivity contribution is 7.80. The van der Waals surface area contributed by atoms with Crippen molar-refractivity contribution in [2.45, 2.75) is 0 Å². The van der Waals surface area contributed by atoms with Gasteiger partial charge in [-0.05, 0) is 12.1 Å². The lowest BCUT2D eigenvalue weighted by Crippen LogP contribution is -2.14. The number of amides is 1. The van der Waals surface area contributed by atoms with Gasteiger partial charge in [-0.2, -0.15) is 0 Å². The molecular weight excluding hydrogens is 240 g/mol. The van der Waals surface area contributed by atoms with Crippen LogP contribution in [0.25, 0.3) is 5.69 Å². The first kappa shape index (κ1) is 11.1. The van der Waals surface area contributed by atoms with E-state index in [1.807, 2.05) is 0 Å². The molecular formula is C9H8N6OS. The largest absolute Gasteiger partial charge is 0.387 e. The van der Waals surface area contributed by atoms with Gasteiger partial charge in [0.15, 0.2) is 0 Å². The van der Waals surface area contributed by atoms with Crippen molar-refractivity contribution in [2.75, 3.05) is 0 Å². The molecule has 7 nitrogen and oxygen atoms in total. The first-order valence-corrected chi connectivity index (χ1v) is 4.96. The van der Waals surface area contributed by atoms with Gasteiger partial charge in [0.1, 0.15) is 17.0 Å². The fraction of sp³-hybridized carbons (Fsp3) is 0. The summed E-state index contributed by atoms with van der Waals surface area (Å²) in [5.41, 5.74) is 11.3. The van der Waals surface area contributed by atoms with E-state index in [2.05, 4.69) is 15.1 Å². The molecule has 0 aliphatic carbocycles. The number of rotatable bonds is 3. The van der Waals surface area contributed by atoms with Gasteiger partial charge in [-0.25, -0.2) is 9.67 Å². The Morgan fingerprint density at radius 3 is 2.71 bits per heavy atom. The number of aromatic nitrogens is 4. The van der Waals surface area contributed by atoms with Crippen LogP contribution in [0.2, 0.25) is 0 Å². The van der Waals surface area contributed by atoms with E-state index in [1.165, 1.54) is 23.3 Å². The molecule has 2 rings (SSSR count). The van der Waals surface area contributed by atoms with E-state index in [1.54, 1.807) is 6.07 Å². The number of pyridine rings is 1. The van der Waals surface area contributed by atoms with Gasteiger partial charge in [-0.3, -0.25) is 9.78 Å². The molecule has 17 heavy (non-hydrogen) atoms. The molecule has 0 aromatic carbocycles. The molecule has 0 aliphatic heterocycles. The number of hydrogen-bond acceptors (Lipinski definition) is 5. The quantitative estimate of drug-likeness (QED) is 0.701. The SMILES string of the molecule is NC(=O)c1cc(-n2cnc(C(N)=S)n2)ccn1. The highest BCUT2D eigenvalue weighted by Crippen LogP contribution is 2.06. The Hall–Kier alpha value is -2.35. The Kier molecular flexibility index (Phi) is 2.79. The number of thiocarbonyl (C=S) groups is 1. The molecule has 86 valence electrons. The third kappa shape index (κ3) is 2.26. The molecule has 0 saturated carbocycles. The number of nitrogens with two attached hydrogens (primary N) is 2. The average molecular weight is 248 g/mol. The summed E-state index contributed by atoms with van der Waals surface area (Å²) in [7, 11) is 0. The topological polar surface area (TPSA) is 113 Å². The molecule has 0 atom stereocenters. The molecule has 8 heteroatoms.